The van der Waals surface area contributed by atoms with E-state index in [1.54, 1.807) is 30.3 Å². The number of aromatic nitrogens is 1. The zero-order valence-electron chi connectivity index (χ0n) is 12.0. The van der Waals surface area contributed by atoms with Gasteiger partial charge in [0.05, 0.1) is 11.5 Å². The van der Waals surface area contributed by atoms with Gasteiger partial charge in [0.1, 0.15) is 11.6 Å². The van der Waals surface area contributed by atoms with Crippen molar-refractivity contribution >= 4 is 15.8 Å². The van der Waals surface area contributed by atoms with Crippen LogP contribution >= 0.6 is 0 Å². The van der Waals surface area contributed by atoms with E-state index in [1.807, 2.05) is 13.8 Å². The molecule has 1 aromatic heterocycles. The van der Waals surface area contributed by atoms with E-state index in [1.165, 1.54) is 12.3 Å². The first kappa shape index (κ1) is 15.3. The summed E-state index contributed by atoms with van der Waals surface area (Å²) in [5, 5.41) is 0. The van der Waals surface area contributed by atoms with Crippen LogP contribution in [-0.2, 0) is 16.4 Å². The van der Waals surface area contributed by atoms with Crippen LogP contribution in [0.3, 0.4) is 0 Å². The molecule has 5 nitrogen and oxygen atoms in total. The van der Waals surface area contributed by atoms with E-state index in [-0.39, 0.29) is 4.90 Å². The summed E-state index contributed by atoms with van der Waals surface area (Å²) in [6.45, 7) is 4.40. The van der Waals surface area contributed by atoms with E-state index in [2.05, 4.69) is 9.71 Å². The Morgan fingerprint density at radius 1 is 1.19 bits per heavy atom. The molecule has 0 aliphatic heterocycles. The predicted molar refractivity (Wildman–Crippen MR) is 82.0 cm³/mol. The molecule has 0 atom stereocenters. The topological polar surface area (TPSA) is 68.3 Å². The van der Waals surface area contributed by atoms with Gasteiger partial charge in [-0.25, -0.2) is 13.4 Å². The fourth-order valence-electron chi connectivity index (χ4n) is 1.92. The Balaban J connectivity index is 2.32. The fourth-order valence-corrected chi connectivity index (χ4v) is 2.97. The van der Waals surface area contributed by atoms with E-state index in [0.717, 1.165) is 11.3 Å². The van der Waals surface area contributed by atoms with Gasteiger partial charge < -0.3 is 4.74 Å². The molecule has 0 saturated heterocycles. The minimum atomic E-state index is -3.65. The number of ether oxygens (including phenoxy) is 1. The number of hydrogen-bond donors (Lipinski definition) is 1. The third-order valence-electron chi connectivity index (χ3n) is 2.93. The van der Waals surface area contributed by atoms with E-state index < -0.39 is 10.0 Å². The number of nitrogens with one attached hydrogen (secondary N) is 1. The summed E-state index contributed by atoms with van der Waals surface area (Å²) in [4.78, 5) is 4.17. The van der Waals surface area contributed by atoms with E-state index in [4.69, 9.17) is 4.74 Å². The first-order valence-corrected chi connectivity index (χ1v) is 8.24. The Morgan fingerprint density at radius 2 is 2.00 bits per heavy atom. The molecule has 0 radical (unpaired) electrons. The molecule has 21 heavy (non-hydrogen) atoms. The van der Waals surface area contributed by atoms with Crippen LogP contribution in [-0.4, -0.2) is 20.0 Å². The van der Waals surface area contributed by atoms with Crippen molar-refractivity contribution in [2.45, 2.75) is 25.2 Å². The lowest BCUT2D eigenvalue weighted by molar-refractivity contribution is 0.336. The quantitative estimate of drug-likeness (QED) is 0.891. The molecule has 0 amide bonds. The highest BCUT2D eigenvalue weighted by Gasteiger charge is 2.16. The average molecular weight is 306 g/mol. The van der Waals surface area contributed by atoms with Crippen molar-refractivity contribution in [1.29, 1.82) is 0 Å². The maximum atomic E-state index is 12.3. The molecule has 0 aliphatic rings. The van der Waals surface area contributed by atoms with Crippen LogP contribution in [0.25, 0.3) is 0 Å². The van der Waals surface area contributed by atoms with Crippen molar-refractivity contribution in [2.75, 3.05) is 11.3 Å². The molecular weight excluding hydrogens is 288 g/mol. The summed E-state index contributed by atoms with van der Waals surface area (Å²) >= 11 is 0. The first-order chi connectivity index (χ1) is 10.1. The highest BCUT2D eigenvalue weighted by molar-refractivity contribution is 7.92. The monoisotopic (exact) mass is 306 g/mol. The third-order valence-corrected chi connectivity index (χ3v) is 4.28. The van der Waals surface area contributed by atoms with Crippen LogP contribution in [0.2, 0.25) is 0 Å². The Kier molecular flexibility index (Phi) is 4.80. The van der Waals surface area contributed by atoms with Crippen LogP contribution in [0, 0.1) is 0 Å². The SMILES string of the molecule is CCOc1ccc(S(=O)(=O)Nc2ccccn2)cc1CC. The summed E-state index contributed by atoms with van der Waals surface area (Å²) in [5.41, 5.74) is 0.862. The van der Waals surface area contributed by atoms with Crippen molar-refractivity contribution < 1.29 is 13.2 Å². The van der Waals surface area contributed by atoms with E-state index >= 15 is 0 Å². The van der Waals surface area contributed by atoms with Crippen LogP contribution in [0.15, 0.2) is 47.5 Å². The average Bonchev–Trinajstić information content (AvgIpc) is 2.48. The highest BCUT2D eigenvalue weighted by atomic mass is 32.2. The molecule has 1 heterocycles. The summed E-state index contributed by atoms with van der Waals surface area (Å²) in [5.74, 6) is 1.02. The second-order valence-corrected chi connectivity index (χ2v) is 6.06. The van der Waals surface area contributed by atoms with Crippen molar-refractivity contribution in [3.05, 3.63) is 48.2 Å². The molecule has 1 N–H and O–H groups in total. The number of rotatable bonds is 6. The second-order valence-electron chi connectivity index (χ2n) is 4.38. The number of aryl methyl sites for hydroxylation is 1. The molecule has 112 valence electrons. The van der Waals surface area contributed by atoms with Crippen LogP contribution < -0.4 is 9.46 Å². The zero-order valence-corrected chi connectivity index (χ0v) is 12.9. The lowest BCUT2D eigenvalue weighted by Crippen LogP contribution is -2.14. The maximum Gasteiger partial charge on any atom is 0.263 e. The standard InChI is InChI=1S/C15H18N2O3S/c1-3-12-11-13(8-9-14(12)20-4-2)21(18,19)17-15-7-5-6-10-16-15/h5-11H,3-4H2,1-2H3,(H,16,17). The molecular formula is C15H18N2O3S. The molecule has 2 rings (SSSR count). The normalized spacial score (nSPS) is 11.1. The fraction of sp³-hybridized carbons (Fsp3) is 0.267. The Morgan fingerprint density at radius 3 is 2.62 bits per heavy atom. The van der Waals surface area contributed by atoms with Gasteiger partial charge in [-0.2, -0.15) is 0 Å². The lowest BCUT2D eigenvalue weighted by Gasteiger charge is -2.12. The molecule has 0 aliphatic carbocycles. The highest BCUT2D eigenvalue weighted by Crippen LogP contribution is 2.24. The first-order valence-electron chi connectivity index (χ1n) is 6.76. The molecule has 6 heteroatoms. The van der Waals surface area contributed by atoms with Gasteiger partial charge in [0, 0.05) is 6.20 Å². The zero-order chi connectivity index (χ0) is 15.3. The minimum Gasteiger partial charge on any atom is -0.494 e. The number of anilines is 1. The largest absolute Gasteiger partial charge is 0.494 e. The molecule has 0 saturated carbocycles. The maximum absolute atomic E-state index is 12.3. The summed E-state index contributed by atoms with van der Waals surface area (Å²) in [6.07, 6.45) is 2.23. The second kappa shape index (κ2) is 6.58. The summed E-state index contributed by atoms with van der Waals surface area (Å²) < 4.78 is 32.6. The van der Waals surface area contributed by atoms with Gasteiger partial charge in [-0.05, 0) is 49.2 Å². The van der Waals surface area contributed by atoms with Crippen molar-refractivity contribution in [3.8, 4) is 5.75 Å². The van der Waals surface area contributed by atoms with Crippen LogP contribution in [0.4, 0.5) is 5.82 Å². The van der Waals surface area contributed by atoms with Gasteiger partial charge in [-0.3, -0.25) is 4.72 Å². The van der Waals surface area contributed by atoms with Crippen molar-refractivity contribution in [3.63, 3.8) is 0 Å². The lowest BCUT2D eigenvalue weighted by atomic mass is 10.1. The molecule has 2 aromatic rings. The van der Waals surface area contributed by atoms with Gasteiger partial charge in [0.25, 0.3) is 10.0 Å². The number of benzene rings is 1. The van der Waals surface area contributed by atoms with Crippen LogP contribution in [0.1, 0.15) is 19.4 Å². The Bertz CT molecular complexity index is 700. The number of hydrogen-bond acceptors (Lipinski definition) is 4. The van der Waals surface area contributed by atoms with Gasteiger partial charge in [0.2, 0.25) is 0 Å². The Hall–Kier alpha value is -2.08. The summed E-state index contributed by atoms with van der Waals surface area (Å²) in [7, 11) is -3.65. The number of sulfonamides is 1. The number of pyridine rings is 1. The predicted octanol–water partition coefficient (Wildman–Crippen LogP) is 2.84. The van der Waals surface area contributed by atoms with E-state index in [9.17, 15) is 8.42 Å². The van der Waals surface area contributed by atoms with Gasteiger partial charge in [-0.15, -0.1) is 0 Å². The smallest absolute Gasteiger partial charge is 0.263 e. The van der Waals surface area contributed by atoms with Gasteiger partial charge >= 0.3 is 0 Å². The Labute approximate surface area is 125 Å². The minimum absolute atomic E-state index is 0.202. The van der Waals surface area contributed by atoms with Gasteiger partial charge in [-0.1, -0.05) is 13.0 Å². The molecule has 0 spiro atoms. The molecule has 0 unspecified atom stereocenters. The molecule has 0 bridgehead atoms. The molecule has 0 fully saturated rings. The van der Waals surface area contributed by atoms with Gasteiger partial charge in [0.15, 0.2) is 0 Å². The van der Waals surface area contributed by atoms with Crippen molar-refractivity contribution in [1.82, 2.24) is 4.98 Å². The third kappa shape index (κ3) is 3.72. The van der Waals surface area contributed by atoms with Crippen molar-refractivity contribution in [2.24, 2.45) is 0 Å². The van der Waals surface area contributed by atoms with Crippen LogP contribution in [0.5, 0.6) is 5.75 Å². The number of nitrogens with zero attached hydrogens (tertiary/aromatic N) is 1. The summed E-state index contributed by atoms with van der Waals surface area (Å²) in [6, 6.07) is 9.91. The van der Waals surface area contributed by atoms with E-state index in [0.29, 0.717) is 18.8 Å². The molecule has 1 aromatic carbocycles.